The third-order valence-electron chi connectivity index (χ3n) is 5.38. The molecule has 2 nitrogen and oxygen atoms in total. The first-order chi connectivity index (χ1) is 14.0. The first-order valence-corrected chi connectivity index (χ1v) is 10.3. The summed E-state index contributed by atoms with van der Waals surface area (Å²) in [7, 11) is 0. The lowest BCUT2D eigenvalue weighted by Crippen LogP contribution is -2.19. The molecule has 0 aliphatic carbocycles. The van der Waals surface area contributed by atoms with E-state index in [0.717, 1.165) is 17.8 Å². The Bertz CT molecular complexity index is 994. The zero-order chi connectivity index (χ0) is 20.3. The number of hydrazone groups is 1. The smallest absolute Gasteiger partial charge is 0.0831 e. The molecule has 0 aromatic heterocycles. The average molecular weight is 381 g/mol. The summed E-state index contributed by atoms with van der Waals surface area (Å²) in [4.78, 5) is 0. The maximum absolute atomic E-state index is 4.97. The molecule has 1 aliphatic rings. The van der Waals surface area contributed by atoms with Crippen LogP contribution in [0.5, 0.6) is 0 Å². The maximum atomic E-state index is 4.97. The minimum atomic E-state index is 0.160. The number of hydrogen-bond donors (Lipinski definition) is 0. The van der Waals surface area contributed by atoms with Crippen LogP contribution in [0.2, 0.25) is 0 Å². The molecule has 1 aliphatic heterocycles. The molecule has 146 valence electrons. The molecule has 0 spiro atoms. The topological polar surface area (TPSA) is 15.6 Å². The molecule has 0 bridgehead atoms. The average Bonchev–Trinajstić information content (AvgIpc) is 3.17. The first kappa shape index (κ1) is 19.2. The number of anilines is 1. The van der Waals surface area contributed by atoms with Gasteiger partial charge in [-0.3, -0.25) is 5.01 Å². The second-order valence-electron chi connectivity index (χ2n) is 8.61. The van der Waals surface area contributed by atoms with Crippen molar-refractivity contribution in [1.82, 2.24) is 0 Å². The third-order valence-corrected chi connectivity index (χ3v) is 5.38. The van der Waals surface area contributed by atoms with Gasteiger partial charge in [0.15, 0.2) is 0 Å². The lowest BCUT2D eigenvalue weighted by Gasteiger charge is -2.25. The number of rotatable bonds is 4. The fourth-order valence-electron chi connectivity index (χ4n) is 3.67. The van der Waals surface area contributed by atoms with Crippen molar-refractivity contribution in [2.24, 2.45) is 5.10 Å². The predicted molar refractivity (Wildman–Crippen MR) is 124 cm³/mol. The zero-order valence-corrected chi connectivity index (χ0v) is 17.4. The Hall–Kier alpha value is -3.13. The van der Waals surface area contributed by atoms with Gasteiger partial charge in [0.25, 0.3) is 0 Å². The van der Waals surface area contributed by atoms with Gasteiger partial charge in [-0.15, -0.1) is 0 Å². The Labute approximate surface area is 174 Å². The Balaban J connectivity index is 1.63. The molecule has 1 atom stereocenters. The lowest BCUT2D eigenvalue weighted by atomic mass is 9.86. The van der Waals surface area contributed by atoms with Crippen LogP contribution >= 0.6 is 0 Å². The fraction of sp³-hybridized carbons (Fsp3) is 0.222. The zero-order valence-electron chi connectivity index (χ0n) is 17.4. The van der Waals surface area contributed by atoms with Gasteiger partial charge in [0, 0.05) is 6.42 Å². The van der Waals surface area contributed by atoms with E-state index in [0.29, 0.717) is 0 Å². The Morgan fingerprint density at radius 3 is 2.03 bits per heavy atom. The van der Waals surface area contributed by atoms with E-state index in [2.05, 4.69) is 111 Å². The molecule has 1 heterocycles. The molecule has 2 heteroatoms. The molecule has 3 aromatic rings. The van der Waals surface area contributed by atoms with E-state index in [4.69, 9.17) is 5.10 Å². The number of hydrogen-bond acceptors (Lipinski definition) is 2. The normalized spacial score (nSPS) is 17.0. The minimum Gasteiger partial charge on any atom is -0.257 e. The monoisotopic (exact) mass is 380 g/mol. The number of para-hydroxylation sites is 1. The van der Waals surface area contributed by atoms with E-state index in [1.807, 2.05) is 12.1 Å². The molecule has 0 saturated heterocycles. The quantitative estimate of drug-likeness (QED) is 0.475. The number of benzene rings is 3. The highest BCUT2D eigenvalue weighted by Gasteiger charge is 2.28. The number of nitrogens with zero attached hydrogens (tertiary/aromatic N) is 2. The van der Waals surface area contributed by atoms with E-state index in [1.54, 1.807) is 0 Å². The molecule has 0 N–H and O–H groups in total. The molecular formula is C27H28N2. The van der Waals surface area contributed by atoms with Gasteiger partial charge in [0.2, 0.25) is 0 Å². The van der Waals surface area contributed by atoms with Crippen LogP contribution in [0.3, 0.4) is 0 Å². The summed E-state index contributed by atoms with van der Waals surface area (Å²) in [6.07, 6.45) is 5.19. The van der Waals surface area contributed by atoms with Crippen molar-refractivity contribution in [3.8, 4) is 0 Å². The van der Waals surface area contributed by atoms with Crippen LogP contribution < -0.4 is 5.01 Å². The summed E-state index contributed by atoms with van der Waals surface area (Å²) < 4.78 is 0. The van der Waals surface area contributed by atoms with Crippen LogP contribution in [0, 0.1) is 0 Å². The SMILES string of the molecule is CC(C)(C)c1ccc(C2CC(C=Cc3ccccc3)=NN2c2ccccc2)cc1. The molecule has 3 aromatic carbocycles. The van der Waals surface area contributed by atoms with Crippen molar-refractivity contribution < 1.29 is 0 Å². The largest absolute Gasteiger partial charge is 0.257 e. The summed E-state index contributed by atoms with van der Waals surface area (Å²) in [5, 5.41) is 7.13. The van der Waals surface area contributed by atoms with Crippen molar-refractivity contribution in [3.05, 3.63) is 108 Å². The summed E-state index contributed by atoms with van der Waals surface area (Å²) in [6.45, 7) is 6.76. The first-order valence-electron chi connectivity index (χ1n) is 10.3. The molecule has 29 heavy (non-hydrogen) atoms. The van der Waals surface area contributed by atoms with Crippen molar-refractivity contribution in [1.29, 1.82) is 0 Å². The van der Waals surface area contributed by atoms with Gasteiger partial charge in [-0.2, -0.15) is 5.10 Å². The van der Waals surface area contributed by atoms with Crippen LogP contribution in [0.4, 0.5) is 5.69 Å². The van der Waals surface area contributed by atoms with Crippen LogP contribution in [-0.2, 0) is 5.41 Å². The van der Waals surface area contributed by atoms with E-state index in [-0.39, 0.29) is 11.5 Å². The molecular weight excluding hydrogens is 352 g/mol. The van der Waals surface area contributed by atoms with Crippen LogP contribution in [0.25, 0.3) is 6.08 Å². The van der Waals surface area contributed by atoms with Crippen molar-refractivity contribution in [2.45, 2.75) is 38.6 Å². The Kier molecular flexibility index (Phi) is 5.35. The summed E-state index contributed by atoms with van der Waals surface area (Å²) in [6, 6.07) is 30.1. The minimum absolute atomic E-state index is 0.160. The molecule has 0 saturated carbocycles. The van der Waals surface area contributed by atoms with Gasteiger partial charge >= 0.3 is 0 Å². The van der Waals surface area contributed by atoms with E-state index in [9.17, 15) is 0 Å². The predicted octanol–water partition coefficient (Wildman–Crippen LogP) is 7.00. The molecule has 0 fully saturated rings. The maximum Gasteiger partial charge on any atom is 0.0831 e. The van der Waals surface area contributed by atoms with Crippen LogP contribution in [0.1, 0.15) is 49.9 Å². The van der Waals surface area contributed by atoms with E-state index in [1.165, 1.54) is 16.7 Å². The van der Waals surface area contributed by atoms with E-state index < -0.39 is 0 Å². The standard InChI is InChI=1S/C27H28N2/c1-27(2,3)23-17-15-22(16-18-23)26-20-24(19-14-21-10-6-4-7-11-21)28-29(26)25-12-8-5-9-13-25/h4-19,26H,20H2,1-3H3. The molecule has 0 amide bonds. The highest BCUT2D eigenvalue weighted by Crippen LogP contribution is 2.36. The second-order valence-corrected chi connectivity index (χ2v) is 8.61. The number of allylic oxidation sites excluding steroid dienone is 1. The Morgan fingerprint density at radius 1 is 0.793 bits per heavy atom. The van der Waals surface area contributed by atoms with E-state index >= 15 is 0 Å². The highest BCUT2D eigenvalue weighted by atomic mass is 15.5. The molecule has 1 unspecified atom stereocenters. The van der Waals surface area contributed by atoms with Gasteiger partial charge in [-0.05, 0) is 40.3 Å². The molecule has 4 rings (SSSR count). The van der Waals surface area contributed by atoms with Crippen molar-refractivity contribution >= 4 is 17.5 Å². The highest BCUT2D eigenvalue weighted by molar-refractivity contribution is 6.01. The van der Waals surface area contributed by atoms with Crippen molar-refractivity contribution in [2.75, 3.05) is 5.01 Å². The summed E-state index contributed by atoms with van der Waals surface area (Å²) in [5.74, 6) is 0. The van der Waals surface area contributed by atoms with Gasteiger partial charge < -0.3 is 0 Å². The van der Waals surface area contributed by atoms with Gasteiger partial charge in [-0.25, -0.2) is 0 Å². The fourth-order valence-corrected chi connectivity index (χ4v) is 3.67. The lowest BCUT2D eigenvalue weighted by molar-refractivity contribution is 0.589. The Morgan fingerprint density at radius 2 is 1.41 bits per heavy atom. The third kappa shape index (κ3) is 4.48. The van der Waals surface area contributed by atoms with Crippen LogP contribution in [-0.4, -0.2) is 5.71 Å². The second kappa shape index (κ2) is 8.08. The van der Waals surface area contributed by atoms with Gasteiger partial charge in [0.1, 0.15) is 0 Å². The molecule has 0 radical (unpaired) electrons. The van der Waals surface area contributed by atoms with Crippen molar-refractivity contribution in [3.63, 3.8) is 0 Å². The van der Waals surface area contributed by atoms with Gasteiger partial charge in [-0.1, -0.05) is 99.6 Å². The summed E-state index contributed by atoms with van der Waals surface area (Å²) in [5.41, 5.74) is 6.24. The van der Waals surface area contributed by atoms with Crippen LogP contribution in [0.15, 0.2) is 96.1 Å². The van der Waals surface area contributed by atoms with Gasteiger partial charge in [0.05, 0.1) is 17.4 Å². The summed E-state index contributed by atoms with van der Waals surface area (Å²) >= 11 is 0.